The van der Waals surface area contributed by atoms with Crippen LogP contribution in [0.4, 0.5) is 0 Å². The van der Waals surface area contributed by atoms with Crippen LogP contribution in [0.15, 0.2) is 24.5 Å². The number of aromatic nitrogens is 1. The lowest BCUT2D eigenvalue weighted by molar-refractivity contribution is -0.137. The van der Waals surface area contributed by atoms with Gasteiger partial charge in [0.05, 0.1) is 5.92 Å². The van der Waals surface area contributed by atoms with Crippen molar-refractivity contribution in [1.82, 2.24) is 10.3 Å². The molecular weight excluding hydrogens is 232 g/mol. The van der Waals surface area contributed by atoms with Crippen LogP contribution in [0.3, 0.4) is 0 Å². The molecule has 1 atom stereocenters. The quantitative estimate of drug-likeness (QED) is 0.795. The topological polar surface area (TPSA) is 79.3 Å². The molecule has 0 spiro atoms. The van der Waals surface area contributed by atoms with Crippen molar-refractivity contribution in [2.45, 2.75) is 37.6 Å². The minimum absolute atomic E-state index is 0.0162. The minimum atomic E-state index is -0.886. The first-order valence-corrected chi connectivity index (χ1v) is 6.09. The van der Waals surface area contributed by atoms with Gasteiger partial charge in [0.15, 0.2) is 0 Å². The summed E-state index contributed by atoms with van der Waals surface area (Å²) in [7, 11) is 0. The average Bonchev–Trinajstić information content (AvgIpc) is 3.14. The Labute approximate surface area is 105 Å². The van der Waals surface area contributed by atoms with Gasteiger partial charge in [0.2, 0.25) is 5.91 Å². The highest BCUT2D eigenvalue weighted by atomic mass is 16.4. The van der Waals surface area contributed by atoms with Crippen molar-refractivity contribution in [3.63, 3.8) is 0 Å². The molecule has 18 heavy (non-hydrogen) atoms. The van der Waals surface area contributed by atoms with E-state index >= 15 is 0 Å². The van der Waals surface area contributed by atoms with Crippen LogP contribution in [0.25, 0.3) is 0 Å². The van der Waals surface area contributed by atoms with Crippen molar-refractivity contribution in [2.24, 2.45) is 0 Å². The monoisotopic (exact) mass is 248 g/mol. The molecule has 0 bridgehead atoms. The van der Waals surface area contributed by atoms with Crippen molar-refractivity contribution in [3.05, 3.63) is 30.1 Å². The predicted molar refractivity (Wildman–Crippen MR) is 65.0 cm³/mol. The zero-order valence-corrected chi connectivity index (χ0v) is 10.0. The summed E-state index contributed by atoms with van der Waals surface area (Å²) in [6, 6.07) is 3.85. The Balaban J connectivity index is 2.05. The minimum Gasteiger partial charge on any atom is -0.481 e. The summed E-state index contributed by atoms with van der Waals surface area (Å²) in [5.74, 6) is -1.40. The summed E-state index contributed by atoms with van der Waals surface area (Å²) in [4.78, 5) is 26.7. The molecule has 0 radical (unpaired) electrons. The third-order valence-corrected chi connectivity index (χ3v) is 2.97. The number of carboxylic acids is 1. The maximum Gasteiger partial charge on any atom is 0.303 e. The zero-order chi connectivity index (χ0) is 13.0. The summed E-state index contributed by atoms with van der Waals surface area (Å²) in [6.45, 7) is 0. The number of aliphatic carboxylic acids is 1. The molecule has 2 N–H and O–H groups in total. The summed E-state index contributed by atoms with van der Waals surface area (Å²) in [5.41, 5.74) is 0.775. The van der Waals surface area contributed by atoms with E-state index < -0.39 is 11.9 Å². The van der Waals surface area contributed by atoms with Crippen molar-refractivity contribution >= 4 is 11.9 Å². The number of amides is 1. The van der Waals surface area contributed by atoms with Crippen LogP contribution >= 0.6 is 0 Å². The summed E-state index contributed by atoms with van der Waals surface area (Å²) < 4.78 is 0. The van der Waals surface area contributed by atoms with Gasteiger partial charge in [-0.15, -0.1) is 0 Å². The second-order valence-corrected chi connectivity index (χ2v) is 4.55. The molecular formula is C13H16N2O3. The summed E-state index contributed by atoms with van der Waals surface area (Å²) in [5, 5.41) is 11.7. The Kier molecular flexibility index (Phi) is 3.92. The second-order valence-electron chi connectivity index (χ2n) is 4.55. The molecule has 2 rings (SSSR count). The van der Waals surface area contributed by atoms with Gasteiger partial charge in [0.25, 0.3) is 0 Å². The van der Waals surface area contributed by atoms with Crippen LogP contribution in [-0.4, -0.2) is 28.0 Å². The molecule has 0 aliphatic heterocycles. The number of carbonyl (C=O) groups excluding carboxylic acids is 1. The summed E-state index contributed by atoms with van der Waals surface area (Å²) >= 11 is 0. The lowest BCUT2D eigenvalue weighted by atomic mass is 9.94. The largest absolute Gasteiger partial charge is 0.481 e. The van der Waals surface area contributed by atoms with E-state index in [0.29, 0.717) is 6.42 Å². The maximum absolute atomic E-state index is 12.1. The van der Waals surface area contributed by atoms with Crippen molar-refractivity contribution < 1.29 is 14.7 Å². The zero-order valence-electron chi connectivity index (χ0n) is 10.0. The molecule has 5 heteroatoms. The number of nitrogens with one attached hydrogen (secondary N) is 1. The highest BCUT2D eigenvalue weighted by Crippen LogP contribution is 2.24. The highest BCUT2D eigenvalue weighted by molar-refractivity contribution is 5.84. The Bertz CT molecular complexity index is 429. The Hall–Kier alpha value is -1.91. The molecule has 1 aromatic heterocycles. The maximum atomic E-state index is 12.1. The first-order chi connectivity index (χ1) is 8.66. The molecule has 1 fully saturated rings. The van der Waals surface area contributed by atoms with Crippen molar-refractivity contribution in [2.75, 3.05) is 0 Å². The smallest absolute Gasteiger partial charge is 0.303 e. The van der Waals surface area contributed by atoms with Crippen LogP contribution in [0.2, 0.25) is 0 Å². The van der Waals surface area contributed by atoms with Crippen LogP contribution in [0.1, 0.15) is 37.2 Å². The molecule has 96 valence electrons. The van der Waals surface area contributed by atoms with E-state index in [9.17, 15) is 9.59 Å². The molecule has 5 nitrogen and oxygen atoms in total. The lowest BCUT2D eigenvalue weighted by Gasteiger charge is -2.15. The molecule has 1 saturated carbocycles. The number of hydrogen-bond donors (Lipinski definition) is 2. The number of nitrogens with zero attached hydrogens (tertiary/aromatic N) is 1. The Morgan fingerprint density at radius 1 is 1.50 bits per heavy atom. The number of pyridine rings is 1. The molecule has 1 aromatic rings. The van der Waals surface area contributed by atoms with Crippen LogP contribution in [0.5, 0.6) is 0 Å². The number of carbonyl (C=O) groups is 2. The van der Waals surface area contributed by atoms with Crippen LogP contribution in [0, 0.1) is 0 Å². The van der Waals surface area contributed by atoms with Gasteiger partial charge in [-0.05, 0) is 30.9 Å². The first-order valence-electron chi connectivity index (χ1n) is 6.09. The van der Waals surface area contributed by atoms with Gasteiger partial charge in [0, 0.05) is 24.9 Å². The van der Waals surface area contributed by atoms with E-state index in [2.05, 4.69) is 10.3 Å². The predicted octanol–water partition coefficient (Wildman–Crippen LogP) is 1.31. The van der Waals surface area contributed by atoms with Crippen LogP contribution < -0.4 is 5.32 Å². The van der Waals surface area contributed by atoms with Crippen molar-refractivity contribution in [3.8, 4) is 0 Å². The molecule has 0 saturated heterocycles. The number of rotatable bonds is 6. The molecule has 1 aliphatic carbocycles. The highest BCUT2D eigenvalue weighted by Gasteiger charge is 2.28. The van der Waals surface area contributed by atoms with E-state index in [4.69, 9.17) is 5.11 Å². The summed E-state index contributed by atoms with van der Waals surface area (Å²) in [6.07, 6.45) is 5.58. The fourth-order valence-electron chi connectivity index (χ4n) is 1.83. The number of hydrogen-bond acceptors (Lipinski definition) is 3. The van der Waals surface area contributed by atoms with Gasteiger partial charge >= 0.3 is 5.97 Å². The van der Waals surface area contributed by atoms with Gasteiger partial charge < -0.3 is 10.4 Å². The van der Waals surface area contributed by atoms with Gasteiger partial charge in [-0.2, -0.15) is 0 Å². The Morgan fingerprint density at radius 2 is 2.28 bits per heavy atom. The van der Waals surface area contributed by atoms with Crippen molar-refractivity contribution in [1.29, 1.82) is 0 Å². The SMILES string of the molecule is O=C(O)CCC(C(=O)NC1CC1)c1cccnc1. The normalized spacial score (nSPS) is 16.0. The first kappa shape index (κ1) is 12.5. The van der Waals surface area contributed by atoms with Gasteiger partial charge in [-0.3, -0.25) is 14.6 Å². The lowest BCUT2D eigenvalue weighted by Crippen LogP contribution is -2.31. The molecule has 1 unspecified atom stereocenters. The second kappa shape index (κ2) is 5.62. The molecule has 1 heterocycles. The van der Waals surface area contributed by atoms with E-state index in [0.717, 1.165) is 18.4 Å². The fraction of sp³-hybridized carbons (Fsp3) is 0.462. The average molecular weight is 248 g/mol. The third-order valence-electron chi connectivity index (χ3n) is 2.97. The Morgan fingerprint density at radius 3 is 2.83 bits per heavy atom. The molecule has 1 aliphatic rings. The molecule has 0 aromatic carbocycles. The van der Waals surface area contributed by atoms with E-state index in [1.54, 1.807) is 18.5 Å². The molecule has 1 amide bonds. The van der Waals surface area contributed by atoms with E-state index in [1.807, 2.05) is 6.07 Å². The fourth-order valence-corrected chi connectivity index (χ4v) is 1.83. The van der Waals surface area contributed by atoms with Gasteiger partial charge in [0.1, 0.15) is 0 Å². The van der Waals surface area contributed by atoms with Gasteiger partial charge in [-0.1, -0.05) is 6.07 Å². The van der Waals surface area contributed by atoms with Gasteiger partial charge in [-0.25, -0.2) is 0 Å². The number of carboxylic acid groups (broad SMARTS) is 1. The standard InChI is InChI=1S/C13H16N2O3/c16-12(17)6-5-11(9-2-1-7-14-8-9)13(18)15-10-3-4-10/h1-2,7-8,10-11H,3-6H2,(H,15,18)(H,16,17). The van der Waals surface area contributed by atoms with E-state index in [-0.39, 0.29) is 18.4 Å². The third kappa shape index (κ3) is 3.55. The van der Waals surface area contributed by atoms with Crippen LogP contribution in [-0.2, 0) is 9.59 Å². The van der Waals surface area contributed by atoms with E-state index in [1.165, 1.54) is 0 Å².